The maximum absolute atomic E-state index is 11.2. The van der Waals surface area contributed by atoms with E-state index in [-0.39, 0.29) is 17.9 Å². The van der Waals surface area contributed by atoms with Crippen LogP contribution in [0.4, 0.5) is 0 Å². The molecule has 1 fully saturated rings. The van der Waals surface area contributed by atoms with Gasteiger partial charge in [0.1, 0.15) is 0 Å². The second-order valence-corrected chi connectivity index (χ2v) is 6.07. The van der Waals surface area contributed by atoms with Crippen molar-refractivity contribution in [3.05, 3.63) is 20.8 Å². The van der Waals surface area contributed by atoms with E-state index in [9.17, 15) is 4.79 Å². The minimum absolute atomic E-state index is 0.0170. The number of rotatable bonds is 4. The van der Waals surface area contributed by atoms with Crippen LogP contribution in [0.2, 0.25) is 0 Å². The second kappa shape index (κ2) is 5.29. The molecule has 1 aromatic heterocycles. The van der Waals surface area contributed by atoms with Gasteiger partial charge in [0.2, 0.25) is 5.91 Å². The van der Waals surface area contributed by atoms with Crippen molar-refractivity contribution >= 4 is 33.2 Å². The van der Waals surface area contributed by atoms with E-state index < -0.39 is 0 Å². The smallest absolute Gasteiger partial charge is 0.222 e. The molecule has 5 heteroatoms. The van der Waals surface area contributed by atoms with Crippen molar-refractivity contribution in [2.75, 3.05) is 0 Å². The molecule has 0 saturated heterocycles. The zero-order chi connectivity index (χ0) is 11.5. The normalized spacial score (nSPS) is 24.8. The molecule has 0 aromatic carbocycles. The van der Waals surface area contributed by atoms with Crippen molar-refractivity contribution in [2.45, 2.75) is 31.8 Å². The van der Waals surface area contributed by atoms with Gasteiger partial charge >= 0.3 is 0 Å². The number of amides is 1. The zero-order valence-electron chi connectivity index (χ0n) is 8.91. The van der Waals surface area contributed by atoms with Crippen molar-refractivity contribution in [1.29, 1.82) is 0 Å². The van der Waals surface area contributed by atoms with Crippen molar-refractivity contribution in [3.8, 4) is 0 Å². The van der Waals surface area contributed by atoms with E-state index >= 15 is 0 Å². The summed E-state index contributed by atoms with van der Waals surface area (Å²) in [7, 11) is 0. The molecule has 16 heavy (non-hydrogen) atoms. The fourth-order valence-corrected chi connectivity index (χ4v) is 3.63. The lowest BCUT2D eigenvalue weighted by Gasteiger charge is -2.17. The molecule has 1 aromatic rings. The molecule has 1 saturated carbocycles. The van der Waals surface area contributed by atoms with E-state index in [4.69, 9.17) is 5.73 Å². The molecule has 1 aliphatic carbocycles. The third-order valence-corrected chi connectivity index (χ3v) is 4.74. The molecule has 2 atom stereocenters. The highest BCUT2D eigenvalue weighted by molar-refractivity contribution is 9.10. The largest absolute Gasteiger partial charge is 0.369 e. The summed E-state index contributed by atoms with van der Waals surface area (Å²) in [5.41, 5.74) is 5.38. The van der Waals surface area contributed by atoms with E-state index in [1.165, 1.54) is 4.88 Å². The maximum Gasteiger partial charge on any atom is 0.222 e. The van der Waals surface area contributed by atoms with Crippen LogP contribution in [-0.4, -0.2) is 11.9 Å². The lowest BCUT2D eigenvalue weighted by molar-refractivity contribution is -0.122. The first-order valence-corrected chi connectivity index (χ1v) is 7.09. The Balaban J connectivity index is 1.87. The summed E-state index contributed by atoms with van der Waals surface area (Å²) in [6.45, 7) is 0.824. The molecule has 1 aliphatic rings. The molecule has 1 amide bonds. The first-order valence-electron chi connectivity index (χ1n) is 5.42. The summed E-state index contributed by atoms with van der Waals surface area (Å²) >= 11 is 5.15. The van der Waals surface area contributed by atoms with E-state index in [0.717, 1.165) is 30.3 Å². The fourth-order valence-electron chi connectivity index (χ4n) is 2.22. The van der Waals surface area contributed by atoms with Crippen molar-refractivity contribution in [3.63, 3.8) is 0 Å². The van der Waals surface area contributed by atoms with Crippen LogP contribution >= 0.6 is 27.3 Å². The molecule has 0 spiro atoms. The van der Waals surface area contributed by atoms with E-state index in [2.05, 4.69) is 32.7 Å². The highest BCUT2D eigenvalue weighted by Crippen LogP contribution is 2.26. The minimum atomic E-state index is -0.164. The number of nitrogens with two attached hydrogens (primary N) is 1. The summed E-state index contributed by atoms with van der Waals surface area (Å²) in [6, 6.07) is 2.37. The predicted octanol–water partition coefficient (Wildman–Crippen LogP) is 2.25. The number of nitrogens with one attached hydrogen (secondary N) is 1. The van der Waals surface area contributed by atoms with E-state index in [1.54, 1.807) is 11.3 Å². The average molecular weight is 303 g/mol. The monoisotopic (exact) mass is 302 g/mol. The minimum Gasteiger partial charge on any atom is -0.369 e. The van der Waals surface area contributed by atoms with Crippen LogP contribution in [0.25, 0.3) is 0 Å². The van der Waals surface area contributed by atoms with Gasteiger partial charge in [-0.1, -0.05) is 6.42 Å². The van der Waals surface area contributed by atoms with Gasteiger partial charge in [0, 0.05) is 27.3 Å². The fraction of sp³-hybridized carbons (Fsp3) is 0.545. The van der Waals surface area contributed by atoms with Gasteiger partial charge in [-0.2, -0.15) is 0 Å². The topological polar surface area (TPSA) is 55.1 Å². The Morgan fingerprint density at radius 2 is 2.44 bits per heavy atom. The van der Waals surface area contributed by atoms with Crippen LogP contribution in [-0.2, 0) is 11.3 Å². The van der Waals surface area contributed by atoms with E-state index in [1.807, 2.05) is 0 Å². The van der Waals surface area contributed by atoms with Crippen molar-refractivity contribution in [2.24, 2.45) is 11.7 Å². The molecule has 2 unspecified atom stereocenters. The maximum atomic E-state index is 11.2. The quantitative estimate of drug-likeness (QED) is 0.896. The molecular weight excluding hydrogens is 288 g/mol. The van der Waals surface area contributed by atoms with Crippen LogP contribution in [0.3, 0.4) is 0 Å². The lowest BCUT2D eigenvalue weighted by atomic mass is 10.0. The first-order chi connectivity index (χ1) is 7.66. The van der Waals surface area contributed by atoms with Gasteiger partial charge in [-0.25, -0.2) is 0 Å². The molecule has 3 nitrogen and oxygen atoms in total. The van der Waals surface area contributed by atoms with Crippen molar-refractivity contribution < 1.29 is 4.79 Å². The van der Waals surface area contributed by atoms with Gasteiger partial charge in [-0.3, -0.25) is 4.79 Å². The van der Waals surface area contributed by atoms with Crippen LogP contribution in [0.15, 0.2) is 15.9 Å². The lowest BCUT2D eigenvalue weighted by Crippen LogP contribution is -2.38. The highest BCUT2D eigenvalue weighted by atomic mass is 79.9. The number of hydrogen-bond donors (Lipinski definition) is 2. The Morgan fingerprint density at radius 1 is 1.62 bits per heavy atom. The Hall–Kier alpha value is -0.390. The molecule has 0 radical (unpaired) electrons. The van der Waals surface area contributed by atoms with Crippen molar-refractivity contribution in [1.82, 2.24) is 5.32 Å². The summed E-state index contributed by atoms with van der Waals surface area (Å²) in [5, 5.41) is 5.50. The standard InChI is InChI=1S/C11H15BrN2OS/c12-7-4-8(16-6-7)5-14-10-3-1-2-9(10)11(13)15/h4,6,9-10,14H,1-3,5H2,(H2,13,15). The molecule has 1 heterocycles. The second-order valence-electron chi connectivity index (χ2n) is 4.16. The number of carbonyl (C=O) groups is 1. The van der Waals surface area contributed by atoms with Gasteiger partial charge in [-0.15, -0.1) is 11.3 Å². The number of halogens is 1. The molecule has 0 aliphatic heterocycles. The van der Waals surface area contributed by atoms with Gasteiger partial charge < -0.3 is 11.1 Å². The number of primary amides is 1. The van der Waals surface area contributed by atoms with Crippen LogP contribution in [0, 0.1) is 5.92 Å². The van der Waals surface area contributed by atoms with Crippen LogP contribution in [0.1, 0.15) is 24.1 Å². The Bertz CT molecular complexity index is 380. The number of carbonyl (C=O) groups excluding carboxylic acids is 1. The Morgan fingerprint density at radius 3 is 3.06 bits per heavy atom. The third kappa shape index (κ3) is 2.84. The highest BCUT2D eigenvalue weighted by Gasteiger charge is 2.30. The van der Waals surface area contributed by atoms with Crippen LogP contribution in [0.5, 0.6) is 0 Å². The van der Waals surface area contributed by atoms with Gasteiger partial charge in [-0.05, 0) is 34.8 Å². The molecule has 0 bridgehead atoms. The molecular formula is C11H15BrN2OS. The zero-order valence-corrected chi connectivity index (χ0v) is 11.3. The number of hydrogen-bond acceptors (Lipinski definition) is 3. The SMILES string of the molecule is NC(=O)C1CCCC1NCc1cc(Br)cs1. The van der Waals surface area contributed by atoms with Crippen LogP contribution < -0.4 is 11.1 Å². The van der Waals surface area contributed by atoms with E-state index in [0.29, 0.717) is 0 Å². The van der Waals surface area contributed by atoms with Gasteiger partial charge in [0.25, 0.3) is 0 Å². The first kappa shape index (κ1) is 12.1. The molecule has 88 valence electrons. The summed E-state index contributed by atoms with van der Waals surface area (Å²) < 4.78 is 1.12. The summed E-state index contributed by atoms with van der Waals surface area (Å²) in [5.74, 6) is -0.147. The van der Waals surface area contributed by atoms with Gasteiger partial charge in [0.05, 0.1) is 5.92 Å². The number of thiophene rings is 1. The average Bonchev–Trinajstić information content (AvgIpc) is 2.83. The van der Waals surface area contributed by atoms with Gasteiger partial charge in [0.15, 0.2) is 0 Å². The summed E-state index contributed by atoms with van der Waals surface area (Å²) in [6.07, 6.45) is 3.08. The molecule has 3 N–H and O–H groups in total. The predicted molar refractivity (Wildman–Crippen MR) is 69.2 cm³/mol. The third-order valence-electron chi connectivity index (χ3n) is 3.04. The molecule has 2 rings (SSSR count). The Kier molecular flexibility index (Phi) is 4.00. The summed E-state index contributed by atoms with van der Waals surface area (Å²) in [4.78, 5) is 12.5. The Labute approximate surface area is 108 Å².